The lowest BCUT2D eigenvalue weighted by molar-refractivity contribution is -0.119. The molecule has 1 aromatic carbocycles. The van der Waals surface area contributed by atoms with Crippen LogP contribution in [0.1, 0.15) is 18.1 Å². The third-order valence-corrected chi connectivity index (χ3v) is 4.50. The SMILES string of the molecule is Cc1ccc2nc(SCC(=O)NC(C)Cc3cccnc3)[nH]c2c1. The monoisotopic (exact) mass is 340 g/mol. The van der Waals surface area contributed by atoms with Crippen molar-refractivity contribution in [2.45, 2.75) is 31.5 Å². The van der Waals surface area contributed by atoms with E-state index in [1.54, 1.807) is 6.20 Å². The highest BCUT2D eigenvalue weighted by Crippen LogP contribution is 2.20. The molecule has 2 aromatic heterocycles. The summed E-state index contributed by atoms with van der Waals surface area (Å²) < 4.78 is 0. The number of imidazole rings is 1. The average Bonchev–Trinajstić information content (AvgIpc) is 2.95. The summed E-state index contributed by atoms with van der Waals surface area (Å²) in [4.78, 5) is 23.9. The maximum atomic E-state index is 12.1. The molecule has 0 radical (unpaired) electrons. The maximum Gasteiger partial charge on any atom is 0.230 e. The van der Waals surface area contributed by atoms with Crippen LogP contribution in [0.5, 0.6) is 0 Å². The van der Waals surface area contributed by atoms with Gasteiger partial charge in [-0.15, -0.1) is 0 Å². The first-order valence-electron chi connectivity index (χ1n) is 7.87. The second kappa shape index (κ2) is 7.49. The number of aromatic amines is 1. The molecule has 6 heteroatoms. The topological polar surface area (TPSA) is 70.7 Å². The fourth-order valence-electron chi connectivity index (χ4n) is 2.54. The van der Waals surface area contributed by atoms with Gasteiger partial charge >= 0.3 is 0 Å². The largest absolute Gasteiger partial charge is 0.353 e. The second-order valence-electron chi connectivity index (χ2n) is 5.89. The van der Waals surface area contributed by atoms with Crippen LogP contribution in [0.15, 0.2) is 47.9 Å². The molecule has 24 heavy (non-hydrogen) atoms. The Hall–Kier alpha value is -2.34. The van der Waals surface area contributed by atoms with Gasteiger partial charge in [0.15, 0.2) is 5.16 Å². The Morgan fingerprint density at radius 1 is 1.38 bits per heavy atom. The number of carbonyl (C=O) groups is 1. The number of benzene rings is 1. The van der Waals surface area contributed by atoms with Crippen molar-refractivity contribution in [3.8, 4) is 0 Å². The van der Waals surface area contributed by atoms with Crippen LogP contribution >= 0.6 is 11.8 Å². The van der Waals surface area contributed by atoms with Crippen LogP contribution in [0.25, 0.3) is 11.0 Å². The fraction of sp³-hybridized carbons (Fsp3) is 0.278. The first-order chi connectivity index (χ1) is 11.6. The van der Waals surface area contributed by atoms with Crippen LogP contribution in [0, 0.1) is 6.92 Å². The third kappa shape index (κ3) is 4.35. The highest BCUT2D eigenvalue weighted by Gasteiger charge is 2.10. The Labute approximate surface area is 145 Å². The summed E-state index contributed by atoms with van der Waals surface area (Å²) in [7, 11) is 0. The van der Waals surface area contributed by atoms with Crippen molar-refractivity contribution in [3.63, 3.8) is 0 Å². The van der Waals surface area contributed by atoms with Crippen molar-refractivity contribution < 1.29 is 4.79 Å². The molecule has 0 spiro atoms. The van der Waals surface area contributed by atoms with Gasteiger partial charge in [0.05, 0.1) is 16.8 Å². The molecule has 1 atom stereocenters. The molecule has 1 unspecified atom stereocenters. The summed E-state index contributed by atoms with van der Waals surface area (Å²) in [5.74, 6) is 0.351. The molecule has 0 aliphatic rings. The highest BCUT2D eigenvalue weighted by molar-refractivity contribution is 7.99. The van der Waals surface area contributed by atoms with E-state index in [0.29, 0.717) is 5.75 Å². The van der Waals surface area contributed by atoms with Crippen molar-refractivity contribution >= 4 is 28.7 Å². The number of fused-ring (bicyclic) bond motifs is 1. The molecule has 0 aliphatic carbocycles. The number of nitrogens with one attached hydrogen (secondary N) is 2. The molecule has 0 bridgehead atoms. The molecular weight excluding hydrogens is 320 g/mol. The van der Waals surface area contributed by atoms with E-state index in [1.807, 2.05) is 44.3 Å². The van der Waals surface area contributed by atoms with Crippen LogP contribution in [-0.4, -0.2) is 32.7 Å². The maximum absolute atomic E-state index is 12.1. The number of aromatic nitrogens is 3. The number of nitrogens with zero attached hydrogens (tertiary/aromatic N) is 2. The minimum Gasteiger partial charge on any atom is -0.353 e. The number of carbonyl (C=O) groups excluding carboxylic acids is 1. The number of hydrogen-bond acceptors (Lipinski definition) is 4. The first-order valence-corrected chi connectivity index (χ1v) is 8.86. The normalized spacial score (nSPS) is 12.2. The summed E-state index contributed by atoms with van der Waals surface area (Å²) >= 11 is 1.42. The number of H-pyrrole nitrogens is 1. The number of rotatable bonds is 6. The molecule has 0 fully saturated rings. The Bertz CT molecular complexity index is 831. The first kappa shape index (κ1) is 16.5. The average molecular weight is 340 g/mol. The summed E-state index contributed by atoms with van der Waals surface area (Å²) in [6, 6.07) is 10.1. The minimum atomic E-state index is 0.00743. The molecule has 2 heterocycles. The van der Waals surface area contributed by atoms with Gasteiger partial charge in [-0.1, -0.05) is 23.9 Å². The van der Waals surface area contributed by atoms with Crippen LogP contribution in [0.3, 0.4) is 0 Å². The van der Waals surface area contributed by atoms with Gasteiger partial charge in [-0.3, -0.25) is 9.78 Å². The fourth-order valence-corrected chi connectivity index (χ4v) is 3.24. The standard InChI is InChI=1S/C18H20N4OS/c1-12-5-6-15-16(8-12)22-18(21-15)24-11-17(23)20-13(2)9-14-4-3-7-19-10-14/h3-8,10,13H,9,11H2,1-2H3,(H,20,23)(H,21,22). The van der Waals surface area contributed by atoms with Gasteiger partial charge in [0.25, 0.3) is 0 Å². The molecule has 0 aliphatic heterocycles. The van der Waals surface area contributed by atoms with E-state index in [0.717, 1.165) is 28.2 Å². The molecule has 5 nitrogen and oxygen atoms in total. The van der Waals surface area contributed by atoms with E-state index in [4.69, 9.17) is 0 Å². The van der Waals surface area contributed by atoms with Gasteiger partial charge in [0.1, 0.15) is 0 Å². The van der Waals surface area contributed by atoms with Gasteiger partial charge in [0, 0.05) is 18.4 Å². The molecule has 3 aromatic rings. The predicted octanol–water partition coefficient (Wildman–Crippen LogP) is 3.11. The van der Waals surface area contributed by atoms with E-state index in [-0.39, 0.29) is 11.9 Å². The molecule has 124 valence electrons. The molecule has 1 amide bonds. The van der Waals surface area contributed by atoms with Gasteiger partial charge < -0.3 is 10.3 Å². The second-order valence-corrected chi connectivity index (χ2v) is 6.85. The lowest BCUT2D eigenvalue weighted by atomic mass is 10.1. The van der Waals surface area contributed by atoms with E-state index < -0.39 is 0 Å². The van der Waals surface area contributed by atoms with Crippen molar-refractivity contribution in [1.82, 2.24) is 20.3 Å². The van der Waals surface area contributed by atoms with Crippen molar-refractivity contribution in [2.75, 3.05) is 5.75 Å². The molecule has 3 rings (SSSR count). The lowest BCUT2D eigenvalue weighted by Gasteiger charge is -2.13. The van der Waals surface area contributed by atoms with Crippen LogP contribution in [-0.2, 0) is 11.2 Å². The van der Waals surface area contributed by atoms with Crippen LogP contribution in [0.4, 0.5) is 0 Å². The number of pyridine rings is 1. The van der Waals surface area contributed by atoms with Crippen molar-refractivity contribution in [3.05, 3.63) is 53.9 Å². The van der Waals surface area contributed by atoms with E-state index in [2.05, 4.69) is 26.3 Å². The smallest absolute Gasteiger partial charge is 0.230 e. The zero-order valence-electron chi connectivity index (χ0n) is 13.7. The summed E-state index contributed by atoms with van der Waals surface area (Å²) in [5, 5.41) is 3.78. The molecule has 0 saturated carbocycles. The quantitative estimate of drug-likeness (QED) is 0.677. The Kier molecular flexibility index (Phi) is 5.15. The zero-order valence-corrected chi connectivity index (χ0v) is 14.6. The van der Waals surface area contributed by atoms with Crippen LogP contribution in [0.2, 0.25) is 0 Å². The summed E-state index contributed by atoms with van der Waals surface area (Å²) in [6.07, 6.45) is 4.35. The predicted molar refractivity (Wildman–Crippen MR) is 97.1 cm³/mol. The summed E-state index contributed by atoms with van der Waals surface area (Å²) in [6.45, 7) is 4.05. The number of aryl methyl sites for hydroxylation is 1. The minimum absolute atomic E-state index is 0.00743. The lowest BCUT2D eigenvalue weighted by Crippen LogP contribution is -2.35. The number of hydrogen-bond donors (Lipinski definition) is 2. The highest BCUT2D eigenvalue weighted by atomic mass is 32.2. The summed E-state index contributed by atoms with van der Waals surface area (Å²) in [5.41, 5.74) is 4.23. The number of thioether (sulfide) groups is 1. The Morgan fingerprint density at radius 3 is 3.04 bits per heavy atom. The Morgan fingerprint density at radius 2 is 2.25 bits per heavy atom. The van der Waals surface area contributed by atoms with E-state index >= 15 is 0 Å². The molecule has 0 saturated heterocycles. The third-order valence-electron chi connectivity index (χ3n) is 3.63. The zero-order chi connectivity index (χ0) is 16.9. The van der Waals surface area contributed by atoms with Gasteiger partial charge in [0.2, 0.25) is 5.91 Å². The molecular formula is C18H20N4OS. The van der Waals surface area contributed by atoms with Crippen LogP contribution < -0.4 is 5.32 Å². The van der Waals surface area contributed by atoms with E-state index in [1.165, 1.54) is 17.3 Å². The van der Waals surface area contributed by atoms with Crippen molar-refractivity contribution in [1.29, 1.82) is 0 Å². The van der Waals surface area contributed by atoms with Gasteiger partial charge in [-0.25, -0.2) is 4.98 Å². The van der Waals surface area contributed by atoms with Gasteiger partial charge in [-0.2, -0.15) is 0 Å². The van der Waals surface area contributed by atoms with Crippen molar-refractivity contribution in [2.24, 2.45) is 0 Å². The molecule has 2 N–H and O–H groups in total. The number of amides is 1. The van der Waals surface area contributed by atoms with Gasteiger partial charge in [-0.05, 0) is 49.6 Å². The van der Waals surface area contributed by atoms with E-state index in [9.17, 15) is 4.79 Å². The Balaban J connectivity index is 1.51.